The maximum absolute atomic E-state index is 6.05. The minimum absolute atomic E-state index is 0.0468. The summed E-state index contributed by atoms with van der Waals surface area (Å²) in [5.41, 5.74) is 3.91. The van der Waals surface area contributed by atoms with Crippen LogP contribution >= 0.6 is 54.8 Å². The first-order chi connectivity index (χ1) is 8.58. The molecule has 1 heterocycles. The zero-order valence-electron chi connectivity index (χ0n) is 9.29. The van der Waals surface area contributed by atoms with Crippen molar-refractivity contribution in [3.63, 3.8) is 0 Å². The third-order valence-electron chi connectivity index (χ3n) is 2.52. The highest BCUT2D eigenvalue weighted by molar-refractivity contribution is 9.11. The van der Waals surface area contributed by atoms with Gasteiger partial charge in [-0.05, 0) is 51.8 Å². The van der Waals surface area contributed by atoms with Crippen LogP contribution in [0.3, 0.4) is 0 Å². The van der Waals surface area contributed by atoms with E-state index in [4.69, 9.17) is 17.4 Å². The van der Waals surface area contributed by atoms with Gasteiger partial charge in [0.05, 0.1) is 9.83 Å². The average molecular weight is 411 g/mol. The molecule has 1 atom stereocenters. The van der Waals surface area contributed by atoms with Gasteiger partial charge in [0.1, 0.15) is 0 Å². The molecule has 1 unspecified atom stereocenters. The maximum atomic E-state index is 6.05. The second-order valence-electron chi connectivity index (χ2n) is 3.83. The summed E-state index contributed by atoms with van der Waals surface area (Å²) in [4.78, 5) is 1.26. The van der Waals surface area contributed by atoms with Crippen LogP contribution in [-0.2, 0) is 6.42 Å². The van der Waals surface area contributed by atoms with Crippen molar-refractivity contribution < 1.29 is 0 Å². The molecule has 0 saturated carbocycles. The van der Waals surface area contributed by atoms with Crippen molar-refractivity contribution in [1.82, 2.24) is 5.43 Å². The van der Waals surface area contributed by atoms with Gasteiger partial charge < -0.3 is 0 Å². The lowest BCUT2D eigenvalue weighted by Gasteiger charge is -2.16. The van der Waals surface area contributed by atoms with E-state index in [1.54, 1.807) is 11.3 Å². The van der Waals surface area contributed by atoms with Crippen LogP contribution < -0.4 is 11.3 Å². The first-order valence-corrected chi connectivity index (χ1v) is 8.03. The zero-order valence-corrected chi connectivity index (χ0v) is 14.0. The monoisotopic (exact) mass is 408 g/mol. The van der Waals surface area contributed by atoms with Crippen molar-refractivity contribution in [2.24, 2.45) is 5.84 Å². The molecule has 3 N–H and O–H groups in total. The molecule has 2 aromatic rings. The third kappa shape index (κ3) is 3.79. The normalized spacial score (nSPS) is 12.7. The summed E-state index contributed by atoms with van der Waals surface area (Å²) in [5, 5.41) is 0.701. The minimum atomic E-state index is 0.0468. The van der Waals surface area contributed by atoms with E-state index in [1.165, 1.54) is 4.88 Å². The number of halogens is 3. The molecule has 0 aliphatic carbocycles. The summed E-state index contributed by atoms with van der Waals surface area (Å²) in [6, 6.07) is 10.0. The molecule has 6 heteroatoms. The lowest BCUT2D eigenvalue weighted by atomic mass is 10.0. The Morgan fingerprint density at radius 3 is 2.61 bits per heavy atom. The molecular formula is C12H11Br2ClN2S. The van der Waals surface area contributed by atoms with Gasteiger partial charge in [0.15, 0.2) is 0 Å². The van der Waals surface area contributed by atoms with Crippen LogP contribution in [0, 0.1) is 0 Å². The first-order valence-electron chi connectivity index (χ1n) is 5.25. The lowest BCUT2D eigenvalue weighted by molar-refractivity contribution is 0.555. The largest absolute Gasteiger partial charge is 0.271 e. The van der Waals surface area contributed by atoms with Crippen LogP contribution in [-0.4, -0.2) is 0 Å². The van der Waals surface area contributed by atoms with Crippen LogP contribution in [0.5, 0.6) is 0 Å². The van der Waals surface area contributed by atoms with Crippen LogP contribution in [0.15, 0.2) is 38.6 Å². The molecule has 0 aliphatic heterocycles. The van der Waals surface area contributed by atoms with E-state index in [0.717, 1.165) is 20.2 Å². The fourth-order valence-electron chi connectivity index (χ4n) is 1.71. The van der Waals surface area contributed by atoms with Crippen LogP contribution in [0.1, 0.15) is 16.5 Å². The molecule has 1 aromatic carbocycles. The van der Waals surface area contributed by atoms with E-state index in [0.29, 0.717) is 5.02 Å². The lowest BCUT2D eigenvalue weighted by Crippen LogP contribution is -2.29. The molecule has 0 radical (unpaired) electrons. The molecule has 2 rings (SSSR count). The summed E-state index contributed by atoms with van der Waals surface area (Å²) in [5.74, 6) is 5.64. The SMILES string of the molecule is NNC(Cc1ccc(Br)s1)c1cc(Cl)cc(Br)c1. The van der Waals surface area contributed by atoms with Gasteiger partial charge in [-0.25, -0.2) is 0 Å². The van der Waals surface area contributed by atoms with Crippen molar-refractivity contribution in [3.8, 4) is 0 Å². The number of hydrogen-bond donors (Lipinski definition) is 2. The Hall–Kier alpha value is 0.0900. The molecule has 0 saturated heterocycles. The van der Waals surface area contributed by atoms with Gasteiger partial charge in [0, 0.05) is 20.8 Å². The summed E-state index contributed by atoms with van der Waals surface area (Å²) in [6.45, 7) is 0. The van der Waals surface area contributed by atoms with Crippen LogP contribution in [0.2, 0.25) is 5.02 Å². The molecule has 1 aromatic heterocycles. The van der Waals surface area contributed by atoms with Crippen molar-refractivity contribution in [1.29, 1.82) is 0 Å². The molecule has 0 amide bonds. The highest BCUT2D eigenvalue weighted by atomic mass is 79.9. The summed E-state index contributed by atoms with van der Waals surface area (Å²) >= 11 is 14.7. The number of nitrogens with two attached hydrogens (primary N) is 1. The predicted octanol–water partition coefficient (Wildman–Crippen LogP) is 4.67. The fraction of sp³-hybridized carbons (Fsp3) is 0.167. The van der Waals surface area contributed by atoms with E-state index < -0.39 is 0 Å². The molecule has 0 aliphatic rings. The van der Waals surface area contributed by atoms with Gasteiger partial charge in [-0.15, -0.1) is 11.3 Å². The van der Waals surface area contributed by atoms with Gasteiger partial charge in [0.2, 0.25) is 0 Å². The van der Waals surface area contributed by atoms with E-state index in [2.05, 4.69) is 43.4 Å². The Balaban J connectivity index is 2.22. The Morgan fingerprint density at radius 1 is 1.28 bits per heavy atom. The second kappa shape index (κ2) is 6.50. The molecule has 0 spiro atoms. The molecule has 0 fully saturated rings. The highest BCUT2D eigenvalue weighted by Crippen LogP contribution is 2.29. The molecule has 18 heavy (non-hydrogen) atoms. The van der Waals surface area contributed by atoms with E-state index in [9.17, 15) is 0 Å². The summed E-state index contributed by atoms with van der Waals surface area (Å²) < 4.78 is 2.08. The van der Waals surface area contributed by atoms with Crippen molar-refractivity contribution in [3.05, 3.63) is 54.1 Å². The van der Waals surface area contributed by atoms with Crippen molar-refractivity contribution in [2.75, 3.05) is 0 Å². The maximum Gasteiger partial charge on any atom is 0.0701 e. The quantitative estimate of drug-likeness (QED) is 0.568. The van der Waals surface area contributed by atoms with Crippen molar-refractivity contribution >= 4 is 54.8 Å². The van der Waals surface area contributed by atoms with Gasteiger partial charge in [-0.3, -0.25) is 11.3 Å². The Kier molecular flexibility index (Phi) is 5.24. The zero-order chi connectivity index (χ0) is 13.1. The molecule has 96 valence electrons. The van der Waals surface area contributed by atoms with E-state index in [-0.39, 0.29) is 6.04 Å². The molecule has 2 nitrogen and oxygen atoms in total. The van der Waals surface area contributed by atoms with E-state index in [1.807, 2.05) is 24.3 Å². The van der Waals surface area contributed by atoms with Crippen molar-refractivity contribution in [2.45, 2.75) is 12.5 Å². The highest BCUT2D eigenvalue weighted by Gasteiger charge is 2.13. The number of benzene rings is 1. The first kappa shape index (κ1) is 14.5. The summed E-state index contributed by atoms with van der Waals surface area (Å²) in [6.07, 6.45) is 0.833. The van der Waals surface area contributed by atoms with Gasteiger partial charge in [-0.2, -0.15) is 0 Å². The van der Waals surface area contributed by atoms with Gasteiger partial charge >= 0.3 is 0 Å². The van der Waals surface area contributed by atoms with E-state index >= 15 is 0 Å². The van der Waals surface area contributed by atoms with Crippen LogP contribution in [0.4, 0.5) is 0 Å². The number of hydrogen-bond acceptors (Lipinski definition) is 3. The number of rotatable bonds is 4. The number of hydrazine groups is 1. The van der Waals surface area contributed by atoms with Gasteiger partial charge in [-0.1, -0.05) is 27.5 Å². The van der Waals surface area contributed by atoms with Crippen LogP contribution in [0.25, 0.3) is 0 Å². The third-order valence-corrected chi connectivity index (χ3v) is 4.84. The van der Waals surface area contributed by atoms with Gasteiger partial charge in [0.25, 0.3) is 0 Å². The number of thiophene rings is 1. The Bertz CT molecular complexity index is 524. The number of nitrogens with one attached hydrogen (secondary N) is 1. The molecular weight excluding hydrogens is 399 g/mol. The predicted molar refractivity (Wildman–Crippen MR) is 84.9 cm³/mol. The minimum Gasteiger partial charge on any atom is -0.271 e. The summed E-state index contributed by atoms with van der Waals surface area (Å²) in [7, 11) is 0. The topological polar surface area (TPSA) is 38.0 Å². The average Bonchev–Trinajstić information content (AvgIpc) is 2.70. The Labute approximate surface area is 132 Å². The Morgan fingerprint density at radius 2 is 2.06 bits per heavy atom. The smallest absolute Gasteiger partial charge is 0.0701 e. The second-order valence-corrected chi connectivity index (χ2v) is 7.73. The standard InChI is InChI=1S/C12H11Br2ClN2S/c13-8-3-7(4-9(15)5-8)11(17-16)6-10-1-2-12(14)18-10/h1-5,11,17H,6,16H2. The fourth-order valence-corrected chi connectivity index (χ4v) is 4.13. The molecule has 0 bridgehead atoms.